The SMILES string of the molecule is Cc1cccc(CNCc2ccnc3ccccc23)c1. The molecule has 0 atom stereocenters. The fourth-order valence-corrected chi connectivity index (χ4v) is 2.47. The summed E-state index contributed by atoms with van der Waals surface area (Å²) in [5.41, 5.74) is 4.98. The standard InChI is InChI=1S/C18H18N2/c1-14-5-4-6-15(11-14)12-19-13-16-9-10-20-18-8-3-2-7-17(16)18/h2-11,19H,12-13H2,1H3. The summed E-state index contributed by atoms with van der Waals surface area (Å²) in [6, 6.07) is 19.0. The van der Waals surface area contributed by atoms with Gasteiger partial charge in [-0.2, -0.15) is 0 Å². The molecule has 2 heteroatoms. The van der Waals surface area contributed by atoms with E-state index in [4.69, 9.17) is 0 Å². The summed E-state index contributed by atoms with van der Waals surface area (Å²) < 4.78 is 0. The van der Waals surface area contributed by atoms with E-state index >= 15 is 0 Å². The van der Waals surface area contributed by atoms with Crippen LogP contribution in [0, 0.1) is 6.92 Å². The molecule has 0 radical (unpaired) electrons. The molecule has 1 N–H and O–H groups in total. The number of fused-ring (bicyclic) bond motifs is 1. The lowest BCUT2D eigenvalue weighted by Gasteiger charge is -2.08. The highest BCUT2D eigenvalue weighted by Gasteiger charge is 2.01. The molecule has 3 aromatic rings. The first-order valence-corrected chi connectivity index (χ1v) is 6.92. The van der Waals surface area contributed by atoms with Crippen LogP contribution in [0.3, 0.4) is 0 Å². The maximum atomic E-state index is 4.39. The quantitative estimate of drug-likeness (QED) is 0.773. The highest BCUT2D eigenvalue weighted by atomic mass is 14.8. The molecule has 20 heavy (non-hydrogen) atoms. The van der Waals surface area contributed by atoms with E-state index < -0.39 is 0 Å². The van der Waals surface area contributed by atoms with E-state index in [0.29, 0.717) is 0 Å². The van der Waals surface area contributed by atoms with Crippen molar-refractivity contribution in [3.63, 3.8) is 0 Å². The summed E-state index contributed by atoms with van der Waals surface area (Å²) in [6.07, 6.45) is 1.88. The molecule has 0 aliphatic rings. The average Bonchev–Trinajstić information content (AvgIpc) is 2.48. The molecular weight excluding hydrogens is 244 g/mol. The van der Waals surface area contributed by atoms with Gasteiger partial charge in [0.25, 0.3) is 0 Å². The fraction of sp³-hybridized carbons (Fsp3) is 0.167. The molecule has 0 aliphatic carbocycles. The van der Waals surface area contributed by atoms with Gasteiger partial charge in [-0.1, -0.05) is 48.0 Å². The molecule has 2 aromatic carbocycles. The van der Waals surface area contributed by atoms with E-state index in [9.17, 15) is 0 Å². The van der Waals surface area contributed by atoms with Crippen LogP contribution in [0.1, 0.15) is 16.7 Å². The number of benzene rings is 2. The minimum atomic E-state index is 0.858. The molecule has 0 bridgehead atoms. The summed E-state index contributed by atoms with van der Waals surface area (Å²) in [5, 5.41) is 4.74. The molecule has 0 fully saturated rings. The van der Waals surface area contributed by atoms with Crippen molar-refractivity contribution in [2.45, 2.75) is 20.0 Å². The van der Waals surface area contributed by atoms with E-state index in [1.165, 1.54) is 22.1 Å². The number of aryl methyl sites for hydroxylation is 1. The van der Waals surface area contributed by atoms with Crippen LogP contribution in [0.25, 0.3) is 10.9 Å². The second-order valence-electron chi connectivity index (χ2n) is 5.08. The Labute approximate surface area is 119 Å². The number of aromatic nitrogens is 1. The topological polar surface area (TPSA) is 24.9 Å². The van der Waals surface area contributed by atoms with Gasteiger partial charge in [0.05, 0.1) is 5.52 Å². The molecule has 1 aromatic heterocycles. The van der Waals surface area contributed by atoms with Crippen molar-refractivity contribution in [2.75, 3.05) is 0 Å². The molecule has 0 saturated carbocycles. The van der Waals surface area contributed by atoms with Crippen molar-refractivity contribution in [3.05, 3.63) is 77.5 Å². The zero-order valence-electron chi connectivity index (χ0n) is 11.6. The lowest BCUT2D eigenvalue weighted by atomic mass is 10.1. The second-order valence-corrected chi connectivity index (χ2v) is 5.08. The Morgan fingerprint density at radius 1 is 0.950 bits per heavy atom. The summed E-state index contributed by atoms with van der Waals surface area (Å²) in [4.78, 5) is 4.39. The minimum absolute atomic E-state index is 0.858. The van der Waals surface area contributed by atoms with E-state index in [1.54, 1.807) is 0 Å². The van der Waals surface area contributed by atoms with Crippen molar-refractivity contribution < 1.29 is 0 Å². The highest BCUT2D eigenvalue weighted by molar-refractivity contribution is 5.81. The highest BCUT2D eigenvalue weighted by Crippen LogP contribution is 2.16. The lowest BCUT2D eigenvalue weighted by Crippen LogP contribution is -2.13. The summed E-state index contributed by atoms with van der Waals surface area (Å²) in [5.74, 6) is 0. The first-order chi connectivity index (χ1) is 9.83. The first kappa shape index (κ1) is 12.8. The lowest BCUT2D eigenvalue weighted by molar-refractivity contribution is 0.696. The molecule has 0 aliphatic heterocycles. The molecule has 0 amide bonds. The van der Waals surface area contributed by atoms with Gasteiger partial charge in [0.15, 0.2) is 0 Å². The van der Waals surface area contributed by atoms with Crippen LogP contribution in [0.5, 0.6) is 0 Å². The number of para-hydroxylation sites is 1. The van der Waals surface area contributed by atoms with Crippen LogP contribution in [0.4, 0.5) is 0 Å². The van der Waals surface area contributed by atoms with Gasteiger partial charge in [-0.3, -0.25) is 4.98 Å². The molecule has 1 heterocycles. The zero-order valence-corrected chi connectivity index (χ0v) is 11.6. The number of rotatable bonds is 4. The third-order valence-electron chi connectivity index (χ3n) is 3.47. The van der Waals surface area contributed by atoms with Crippen LogP contribution in [0.2, 0.25) is 0 Å². The second kappa shape index (κ2) is 5.85. The molecule has 100 valence electrons. The van der Waals surface area contributed by atoms with Gasteiger partial charge < -0.3 is 5.32 Å². The fourth-order valence-electron chi connectivity index (χ4n) is 2.47. The molecular formula is C18H18N2. The van der Waals surface area contributed by atoms with Crippen LogP contribution < -0.4 is 5.32 Å². The van der Waals surface area contributed by atoms with Gasteiger partial charge in [0, 0.05) is 24.7 Å². The van der Waals surface area contributed by atoms with E-state index in [0.717, 1.165) is 18.6 Å². The number of nitrogens with zero attached hydrogens (tertiary/aromatic N) is 1. The van der Waals surface area contributed by atoms with Crippen molar-refractivity contribution in [3.8, 4) is 0 Å². The number of hydrogen-bond donors (Lipinski definition) is 1. The van der Waals surface area contributed by atoms with Crippen molar-refractivity contribution >= 4 is 10.9 Å². The van der Waals surface area contributed by atoms with Crippen molar-refractivity contribution in [1.82, 2.24) is 10.3 Å². The zero-order chi connectivity index (χ0) is 13.8. The van der Waals surface area contributed by atoms with Crippen LogP contribution >= 0.6 is 0 Å². The largest absolute Gasteiger partial charge is 0.309 e. The summed E-state index contributed by atoms with van der Waals surface area (Å²) in [7, 11) is 0. The Hall–Kier alpha value is -2.19. The van der Waals surface area contributed by atoms with Crippen LogP contribution in [-0.2, 0) is 13.1 Å². The Bertz CT molecular complexity index is 714. The van der Waals surface area contributed by atoms with Crippen LogP contribution in [-0.4, -0.2) is 4.98 Å². The summed E-state index contributed by atoms with van der Waals surface area (Å²) in [6.45, 7) is 3.87. The third kappa shape index (κ3) is 2.86. The normalized spacial score (nSPS) is 10.8. The van der Waals surface area contributed by atoms with Gasteiger partial charge >= 0.3 is 0 Å². The predicted octanol–water partition coefficient (Wildman–Crippen LogP) is 3.83. The van der Waals surface area contributed by atoms with Gasteiger partial charge in [-0.05, 0) is 30.2 Å². The van der Waals surface area contributed by atoms with Crippen molar-refractivity contribution in [1.29, 1.82) is 0 Å². The average molecular weight is 262 g/mol. The number of hydrogen-bond acceptors (Lipinski definition) is 2. The van der Waals surface area contributed by atoms with Gasteiger partial charge in [0.1, 0.15) is 0 Å². The summed E-state index contributed by atoms with van der Waals surface area (Å²) >= 11 is 0. The minimum Gasteiger partial charge on any atom is -0.309 e. The maximum absolute atomic E-state index is 4.39. The monoisotopic (exact) mass is 262 g/mol. The Morgan fingerprint density at radius 2 is 1.85 bits per heavy atom. The number of nitrogens with one attached hydrogen (secondary N) is 1. The molecule has 3 rings (SSSR count). The van der Waals surface area contributed by atoms with Gasteiger partial charge in [0.2, 0.25) is 0 Å². The van der Waals surface area contributed by atoms with Crippen LogP contribution in [0.15, 0.2) is 60.8 Å². The van der Waals surface area contributed by atoms with Gasteiger partial charge in [-0.25, -0.2) is 0 Å². The maximum Gasteiger partial charge on any atom is 0.0705 e. The Morgan fingerprint density at radius 3 is 2.75 bits per heavy atom. The molecule has 0 spiro atoms. The van der Waals surface area contributed by atoms with Crippen molar-refractivity contribution in [2.24, 2.45) is 0 Å². The first-order valence-electron chi connectivity index (χ1n) is 6.92. The van der Waals surface area contributed by atoms with E-state index in [-0.39, 0.29) is 0 Å². The van der Waals surface area contributed by atoms with Gasteiger partial charge in [-0.15, -0.1) is 0 Å². The smallest absolute Gasteiger partial charge is 0.0705 e. The number of pyridine rings is 1. The predicted molar refractivity (Wildman–Crippen MR) is 83.5 cm³/mol. The molecule has 0 unspecified atom stereocenters. The Kier molecular flexibility index (Phi) is 3.75. The Balaban J connectivity index is 1.71. The van der Waals surface area contributed by atoms with E-state index in [1.807, 2.05) is 12.3 Å². The molecule has 2 nitrogen and oxygen atoms in total. The third-order valence-corrected chi connectivity index (χ3v) is 3.47. The van der Waals surface area contributed by atoms with E-state index in [2.05, 4.69) is 65.8 Å². The molecule has 0 saturated heterocycles.